The molecular formula is C17H22N4O2S. The van der Waals surface area contributed by atoms with Gasteiger partial charge in [-0.15, -0.1) is 0 Å². The van der Waals surface area contributed by atoms with Crippen LogP contribution in [0.3, 0.4) is 0 Å². The number of carbonyl (C=O) groups is 1. The number of hydrogen-bond acceptors (Lipinski definition) is 3. The van der Waals surface area contributed by atoms with Gasteiger partial charge in [-0.05, 0) is 31.9 Å². The Morgan fingerprint density at radius 3 is 2.62 bits per heavy atom. The number of amides is 2. The van der Waals surface area contributed by atoms with Gasteiger partial charge in [-0.3, -0.25) is 4.21 Å². The Morgan fingerprint density at radius 1 is 1.33 bits per heavy atom. The van der Waals surface area contributed by atoms with Crippen molar-refractivity contribution in [2.45, 2.75) is 30.9 Å². The number of hydrogen-bond donors (Lipinski definition) is 2. The van der Waals surface area contributed by atoms with Crippen LogP contribution >= 0.6 is 0 Å². The standard InChI is InChI=1S/C17H22N4O2S/c1-13-15(11-19-21(13)14-7-4-3-5-8-14)20-16(22)18-12-17(24(2)23)9-6-10-17/h3-5,7-8,11H,6,9-10,12H2,1-2H3,(H2,18,20,22). The summed E-state index contributed by atoms with van der Waals surface area (Å²) in [5.74, 6) is 0. The van der Waals surface area contributed by atoms with E-state index < -0.39 is 10.8 Å². The molecule has 1 fully saturated rings. The number of carbonyl (C=O) groups excluding carboxylic acids is 1. The Kier molecular flexibility index (Phi) is 4.71. The third-order valence-electron chi connectivity index (χ3n) is 4.70. The quantitative estimate of drug-likeness (QED) is 0.874. The first-order valence-corrected chi connectivity index (χ1v) is 9.56. The number of para-hydroxylation sites is 1. The van der Waals surface area contributed by atoms with Gasteiger partial charge < -0.3 is 10.6 Å². The summed E-state index contributed by atoms with van der Waals surface area (Å²) in [7, 11) is -0.929. The Morgan fingerprint density at radius 2 is 2.04 bits per heavy atom. The molecular weight excluding hydrogens is 324 g/mol. The van der Waals surface area contributed by atoms with E-state index in [9.17, 15) is 9.00 Å². The molecule has 1 aliphatic carbocycles. The molecule has 2 amide bonds. The number of nitrogens with zero attached hydrogens (tertiary/aromatic N) is 2. The average molecular weight is 346 g/mol. The van der Waals surface area contributed by atoms with E-state index in [-0.39, 0.29) is 10.8 Å². The van der Waals surface area contributed by atoms with Crippen LogP contribution in [0.1, 0.15) is 25.0 Å². The van der Waals surface area contributed by atoms with Crippen molar-refractivity contribution < 1.29 is 9.00 Å². The van der Waals surface area contributed by atoms with Gasteiger partial charge in [0.25, 0.3) is 0 Å². The molecule has 1 atom stereocenters. The molecule has 1 heterocycles. The highest BCUT2D eigenvalue weighted by Gasteiger charge is 2.41. The van der Waals surface area contributed by atoms with Crippen LogP contribution in [0.25, 0.3) is 5.69 Å². The van der Waals surface area contributed by atoms with Gasteiger partial charge in [-0.25, -0.2) is 9.48 Å². The van der Waals surface area contributed by atoms with E-state index in [1.54, 1.807) is 17.1 Å². The zero-order valence-corrected chi connectivity index (χ0v) is 14.7. The van der Waals surface area contributed by atoms with Gasteiger partial charge in [-0.1, -0.05) is 24.6 Å². The highest BCUT2D eigenvalue weighted by atomic mass is 32.2. The largest absolute Gasteiger partial charge is 0.336 e. The van der Waals surface area contributed by atoms with E-state index in [1.807, 2.05) is 37.3 Å². The lowest BCUT2D eigenvalue weighted by Crippen LogP contribution is -2.51. The lowest BCUT2D eigenvalue weighted by molar-refractivity contribution is 0.247. The summed E-state index contributed by atoms with van der Waals surface area (Å²) in [6.45, 7) is 2.35. The van der Waals surface area contributed by atoms with Crippen molar-refractivity contribution in [3.63, 3.8) is 0 Å². The third kappa shape index (κ3) is 3.21. The van der Waals surface area contributed by atoms with E-state index >= 15 is 0 Å². The number of benzene rings is 1. The Balaban J connectivity index is 1.63. The second kappa shape index (κ2) is 6.76. The first kappa shape index (κ1) is 16.7. The molecule has 1 aromatic carbocycles. The van der Waals surface area contributed by atoms with Crippen LogP contribution in [0.2, 0.25) is 0 Å². The fraction of sp³-hybridized carbons (Fsp3) is 0.412. The van der Waals surface area contributed by atoms with Gasteiger partial charge in [0.15, 0.2) is 0 Å². The SMILES string of the molecule is Cc1c(NC(=O)NCC2(S(C)=O)CCC2)cnn1-c1ccccc1. The molecule has 1 aromatic heterocycles. The van der Waals surface area contributed by atoms with Crippen LogP contribution in [-0.2, 0) is 10.8 Å². The molecule has 0 spiro atoms. The highest BCUT2D eigenvalue weighted by molar-refractivity contribution is 7.85. The Hall–Kier alpha value is -2.15. The minimum atomic E-state index is -0.929. The Bertz CT molecular complexity index is 753. The normalized spacial score (nSPS) is 16.9. The van der Waals surface area contributed by atoms with Crippen molar-refractivity contribution >= 4 is 22.5 Å². The van der Waals surface area contributed by atoms with Crippen molar-refractivity contribution in [1.29, 1.82) is 0 Å². The van der Waals surface area contributed by atoms with Gasteiger partial charge >= 0.3 is 6.03 Å². The van der Waals surface area contributed by atoms with Crippen LogP contribution in [0.15, 0.2) is 36.5 Å². The van der Waals surface area contributed by atoms with Crippen molar-refractivity contribution in [1.82, 2.24) is 15.1 Å². The highest BCUT2D eigenvalue weighted by Crippen LogP contribution is 2.36. The van der Waals surface area contributed by atoms with E-state index in [2.05, 4.69) is 15.7 Å². The molecule has 0 radical (unpaired) electrons. The molecule has 0 aliphatic heterocycles. The number of rotatable bonds is 5. The first-order chi connectivity index (χ1) is 11.5. The van der Waals surface area contributed by atoms with Gasteiger partial charge in [0.05, 0.1) is 28.0 Å². The van der Waals surface area contributed by atoms with E-state index in [0.29, 0.717) is 12.2 Å². The van der Waals surface area contributed by atoms with Crippen LogP contribution in [-0.4, -0.2) is 37.6 Å². The van der Waals surface area contributed by atoms with Crippen molar-refractivity contribution in [3.05, 3.63) is 42.2 Å². The molecule has 0 bridgehead atoms. The van der Waals surface area contributed by atoms with Gasteiger partial charge in [-0.2, -0.15) is 5.10 Å². The van der Waals surface area contributed by atoms with E-state index in [0.717, 1.165) is 30.6 Å². The summed E-state index contributed by atoms with van der Waals surface area (Å²) in [5.41, 5.74) is 2.46. The summed E-state index contributed by atoms with van der Waals surface area (Å²) >= 11 is 0. The number of urea groups is 1. The van der Waals surface area contributed by atoms with Crippen LogP contribution < -0.4 is 10.6 Å². The van der Waals surface area contributed by atoms with Crippen molar-refractivity contribution in [2.24, 2.45) is 0 Å². The van der Waals surface area contributed by atoms with Crippen LogP contribution in [0.5, 0.6) is 0 Å². The number of aromatic nitrogens is 2. The molecule has 1 unspecified atom stereocenters. The van der Waals surface area contributed by atoms with Crippen LogP contribution in [0.4, 0.5) is 10.5 Å². The zero-order chi connectivity index (χ0) is 17.2. The van der Waals surface area contributed by atoms with E-state index in [4.69, 9.17) is 0 Å². The molecule has 7 heteroatoms. The fourth-order valence-corrected chi connectivity index (χ4v) is 4.05. The molecule has 2 aromatic rings. The summed E-state index contributed by atoms with van der Waals surface area (Å²) in [6, 6.07) is 9.46. The first-order valence-electron chi connectivity index (χ1n) is 8.00. The van der Waals surface area contributed by atoms with Crippen molar-refractivity contribution in [2.75, 3.05) is 18.1 Å². The van der Waals surface area contributed by atoms with Gasteiger partial charge in [0.2, 0.25) is 0 Å². The summed E-state index contributed by atoms with van der Waals surface area (Å²) in [4.78, 5) is 12.2. The zero-order valence-electron chi connectivity index (χ0n) is 13.9. The van der Waals surface area contributed by atoms with Gasteiger partial charge in [0.1, 0.15) is 0 Å². The maximum atomic E-state index is 12.2. The molecule has 24 heavy (non-hydrogen) atoms. The summed E-state index contributed by atoms with van der Waals surface area (Å²) in [5, 5.41) is 10.0. The monoisotopic (exact) mass is 346 g/mol. The molecule has 6 nitrogen and oxygen atoms in total. The molecule has 3 rings (SSSR count). The maximum absolute atomic E-state index is 12.2. The topological polar surface area (TPSA) is 76.0 Å². The molecule has 2 N–H and O–H groups in total. The predicted molar refractivity (Wildman–Crippen MR) is 96.0 cm³/mol. The molecule has 128 valence electrons. The van der Waals surface area contributed by atoms with Crippen LogP contribution in [0, 0.1) is 6.92 Å². The lowest BCUT2D eigenvalue weighted by atomic mass is 9.84. The molecule has 0 saturated heterocycles. The summed E-state index contributed by atoms with van der Waals surface area (Å²) in [6.07, 6.45) is 6.24. The average Bonchev–Trinajstić information content (AvgIpc) is 2.88. The second-order valence-corrected chi connectivity index (χ2v) is 7.96. The third-order valence-corrected chi connectivity index (χ3v) is 6.48. The maximum Gasteiger partial charge on any atom is 0.319 e. The number of nitrogens with one attached hydrogen (secondary N) is 2. The second-order valence-electron chi connectivity index (χ2n) is 6.19. The lowest BCUT2D eigenvalue weighted by Gasteiger charge is -2.39. The smallest absolute Gasteiger partial charge is 0.319 e. The number of anilines is 1. The Labute approximate surface area is 144 Å². The van der Waals surface area contributed by atoms with Crippen molar-refractivity contribution in [3.8, 4) is 5.69 Å². The molecule has 1 saturated carbocycles. The fourth-order valence-electron chi connectivity index (χ4n) is 2.91. The predicted octanol–water partition coefficient (Wildman–Crippen LogP) is 2.60. The van der Waals surface area contributed by atoms with E-state index in [1.165, 1.54) is 0 Å². The van der Waals surface area contributed by atoms with Gasteiger partial charge in [0, 0.05) is 23.6 Å². The summed E-state index contributed by atoms with van der Waals surface area (Å²) < 4.78 is 13.4. The minimum Gasteiger partial charge on any atom is -0.336 e. The minimum absolute atomic E-state index is 0.249. The molecule has 1 aliphatic rings.